The second kappa shape index (κ2) is 9.19. The van der Waals surface area contributed by atoms with E-state index in [9.17, 15) is 5.26 Å². The number of benzene rings is 4. The third-order valence-corrected chi connectivity index (χ3v) is 7.08. The fraction of sp³-hybridized carbons (Fsp3) is 0.0909. The van der Waals surface area contributed by atoms with Gasteiger partial charge in [0.05, 0.1) is 35.3 Å². The molecule has 0 aliphatic carbocycles. The van der Waals surface area contributed by atoms with Gasteiger partial charge in [-0.15, -0.1) is 0 Å². The van der Waals surface area contributed by atoms with Crippen molar-refractivity contribution in [1.82, 2.24) is 4.57 Å². The van der Waals surface area contributed by atoms with E-state index in [1.54, 1.807) is 6.08 Å². The number of anilines is 2. The zero-order chi connectivity index (χ0) is 25.4. The van der Waals surface area contributed by atoms with Crippen molar-refractivity contribution in [3.63, 3.8) is 0 Å². The SMILES string of the molecule is C=C/C(=C\C/C(C#N)=C\CC#N)n1c2cccc3ccc4c5c(cc1c4c32)CC=CN5c1ccccc1. The molecular weight excluding hydrogens is 452 g/mol. The molecule has 4 aromatic carbocycles. The van der Waals surface area contributed by atoms with E-state index in [4.69, 9.17) is 5.26 Å². The number of allylic oxidation sites excluding steroid dienone is 6. The van der Waals surface area contributed by atoms with Crippen LogP contribution in [0.3, 0.4) is 0 Å². The fourth-order valence-corrected chi connectivity index (χ4v) is 5.50. The van der Waals surface area contributed by atoms with Gasteiger partial charge in [0.15, 0.2) is 0 Å². The lowest BCUT2D eigenvalue weighted by Crippen LogP contribution is -2.14. The van der Waals surface area contributed by atoms with Crippen LogP contribution in [-0.2, 0) is 6.42 Å². The first-order valence-electron chi connectivity index (χ1n) is 12.4. The molecule has 4 nitrogen and oxygen atoms in total. The van der Waals surface area contributed by atoms with E-state index >= 15 is 0 Å². The van der Waals surface area contributed by atoms with Gasteiger partial charge >= 0.3 is 0 Å². The normalized spacial score (nSPS) is 13.7. The maximum absolute atomic E-state index is 9.54. The third-order valence-electron chi connectivity index (χ3n) is 7.08. The van der Waals surface area contributed by atoms with Gasteiger partial charge in [0, 0.05) is 45.7 Å². The van der Waals surface area contributed by atoms with Gasteiger partial charge in [-0.25, -0.2) is 0 Å². The van der Waals surface area contributed by atoms with Gasteiger partial charge in [-0.3, -0.25) is 0 Å². The molecule has 2 heterocycles. The Morgan fingerprint density at radius 1 is 0.946 bits per heavy atom. The molecule has 0 spiro atoms. The van der Waals surface area contributed by atoms with Crippen LogP contribution in [0, 0.1) is 22.7 Å². The number of fused-ring (bicyclic) bond motifs is 2. The Bertz CT molecular complexity index is 1830. The quantitative estimate of drug-likeness (QED) is 0.140. The number of rotatable bonds is 6. The lowest BCUT2D eigenvalue weighted by atomic mass is 9.95. The van der Waals surface area contributed by atoms with Gasteiger partial charge in [0.25, 0.3) is 0 Å². The van der Waals surface area contributed by atoms with Crippen molar-refractivity contribution >= 4 is 49.7 Å². The summed E-state index contributed by atoms with van der Waals surface area (Å²) in [7, 11) is 0. The first-order chi connectivity index (χ1) is 18.2. The monoisotopic (exact) mass is 476 g/mol. The highest BCUT2D eigenvalue weighted by Crippen LogP contribution is 2.46. The maximum atomic E-state index is 9.54. The number of hydrogen-bond donors (Lipinski definition) is 0. The van der Waals surface area contributed by atoms with E-state index in [1.807, 2.05) is 18.2 Å². The van der Waals surface area contributed by atoms with Crippen LogP contribution in [0.1, 0.15) is 18.4 Å². The molecule has 0 atom stereocenters. The zero-order valence-corrected chi connectivity index (χ0v) is 20.4. The number of nitriles is 2. The van der Waals surface area contributed by atoms with E-state index in [1.165, 1.54) is 32.8 Å². The highest BCUT2D eigenvalue weighted by Gasteiger charge is 2.24. The van der Waals surface area contributed by atoms with Crippen molar-refractivity contribution in [2.24, 2.45) is 0 Å². The summed E-state index contributed by atoms with van der Waals surface area (Å²) in [5, 5.41) is 23.3. The number of nitrogens with zero attached hydrogens (tertiary/aromatic N) is 4. The minimum absolute atomic E-state index is 0.228. The Balaban J connectivity index is 1.63. The molecule has 6 rings (SSSR count). The Kier molecular flexibility index (Phi) is 5.56. The first kappa shape index (κ1) is 22.4. The lowest BCUT2D eigenvalue weighted by Gasteiger charge is -2.28. The molecule has 0 saturated heterocycles. The van der Waals surface area contributed by atoms with E-state index in [0.717, 1.165) is 28.8 Å². The summed E-state index contributed by atoms with van der Waals surface area (Å²) in [5.41, 5.74) is 7.38. The second-order valence-electron chi connectivity index (χ2n) is 9.14. The van der Waals surface area contributed by atoms with Crippen LogP contribution in [0.2, 0.25) is 0 Å². The Hall–Kier alpha value is -5.06. The molecular formula is C33H24N4. The molecule has 37 heavy (non-hydrogen) atoms. The minimum atomic E-state index is 0.228. The number of para-hydroxylation sites is 1. The summed E-state index contributed by atoms with van der Waals surface area (Å²) in [6.07, 6.45) is 11.5. The van der Waals surface area contributed by atoms with Crippen molar-refractivity contribution in [3.05, 3.63) is 115 Å². The minimum Gasteiger partial charge on any atom is -0.317 e. The summed E-state index contributed by atoms with van der Waals surface area (Å²) in [5.74, 6) is 0. The molecule has 1 aromatic heterocycles. The Labute approximate surface area is 215 Å². The van der Waals surface area contributed by atoms with Crippen molar-refractivity contribution in [2.45, 2.75) is 19.3 Å². The van der Waals surface area contributed by atoms with Gasteiger partial charge in [0.1, 0.15) is 0 Å². The Morgan fingerprint density at radius 3 is 2.59 bits per heavy atom. The van der Waals surface area contributed by atoms with E-state index in [-0.39, 0.29) is 6.42 Å². The Morgan fingerprint density at radius 2 is 1.81 bits per heavy atom. The molecule has 0 unspecified atom stereocenters. The van der Waals surface area contributed by atoms with Gasteiger partial charge in [0.2, 0.25) is 0 Å². The van der Waals surface area contributed by atoms with Gasteiger partial charge in [-0.1, -0.05) is 67.3 Å². The molecule has 176 valence electrons. The van der Waals surface area contributed by atoms with Crippen molar-refractivity contribution in [1.29, 1.82) is 10.5 Å². The third kappa shape index (κ3) is 3.59. The second-order valence-corrected chi connectivity index (χ2v) is 9.14. The summed E-state index contributed by atoms with van der Waals surface area (Å²) in [6.45, 7) is 4.12. The van der Waals surface area contributed by atoms with E-state index < -0.39 is 0 Å². The predicted molar refractivity (Wildman–Crippen MR) is 153 cm³/mol. The largest absolute Gasteiger partial charge is 0.317 e. The van der Waals surface area contributed by atoms with Crippen LogP contribution < -0.4 is 4.90 Å². The summed E-state index contributed by atoms with van der Waals surface area (Å²) in [6, 6.07) is 28.0. The highest BCUT2D eigenvalue weighted by molar-refractivity contribution is 6.27. The molecule has 1 aliphatic rings. The highest BCUT2D eigenvalue weighted by atomic mass is 15.1. The lowest BCUT2D eigenvalue weighted by molar-refractivity contribution is 1.14. The number of aromatic nitrogens is 1. The van der Waals surface area contributed by atoms with Gasteiger partial charge in [-0.2, -0.15) is 10.5 Å². The molecule has 0 N–H and O–H groups in total. The van der Waals surface area contributed by atoms with Crippen molar-refractivity contribution in [3.8, 4) is 12.1 Å². The molecule has 1 aliphatic heterocycles. The maximum Gasteiger partial charge on any atom is 0.0947 e. The van der Waals surface area contributed by atoms with Gasteiger partial charge < -0.3 is 9.47 Å². The summed E-state index contributed by atoms with van der Waals surface area (Å²) in [4.78, 5) is 2.29. The fourth-order valence-electron chi connectivity index (χ4n) is 5.50. The molecule has 0 fully saturated rings. The molecule has 0 bridgehead atoms. The molecule has 5 aromatic rings. The average molecular weight is 477 g/mol. The van der Waals surface area contributed by atoms with Crippen LogP contribution in [-0.4, -0.2) is 4.57 Å². The smallest absolute Gasteiger partial charge is 0.0947 e. The van der Waals surface area contributed by atoms with Crippen LogP contribution >= 0.6 is 0 Å². The van der Waals surface area contributed by atoms with Crippen molar-refractivity contribution < 1.29 is 0 Å². The van der Waals surface area contributed by atoms with Crippen LogP contribution in [0.4, 0.5) is 11.4 Å². The van der Waals surface area contributed by atoms with Gasteiger partial charge in [-0.05, 0) is 47.7 Å². The average Bonchev–Trinajstić information content (AvgIpc) is 3.28. The summed E-state index contributed by atoms with van der Waals surface area (Å²) >= 11 is 0. The van der Waals surface area contributed by atoms with Crippen LogP contribution in [0.5, 0.6) is 0 Å². The number of hydrogen-bond acceptors (Lipinski definition) is 3. The van der Waals surface area contributed by atoms with Crippen LogP contribution in [0.25, 0.3) is 38.3 Å². The molecule has 0 saturated carbocycles. The predicted octanol–water partition coefficient (Wildman–Crippen LogP) is 8.37. The van der Waals surface area contributed by atoms with E-state index in [0.29, 0.717) is 12.0 Å². The van der Waals surface area contributed by atoms with E-state index in [2.05, 4.69) is 101 Å². The molecule has 0 amide bonds. The van der Waals surface area contributed by atoms with Crippen LogP contribution in [0.15, 0.2) is 109 Å². The van der Waals surface area contributed by atoms with Crippen molar-refractivity contribution in [2.75, 3.05) is 4.90 Å². The summed E-state index contributed by atoms with van der Waals surface area (Å²) < 4.78 is 2.27. The topological polar surface area (TPSA) is 55.8 Å². The molecule has 4 heteroatoms. The first-order valence-corrected chi connectivity index (χ1v) is 12.4. The zero-order valence-electron chi connectivity index (χ0n) is 20.4. The standard InChI is InChI=1S/C33H24N4/c1-2-26(17-15-23(22-35)9-7-19-34)37-29-14-6-10-24-16-18-28-32(31(24)29)30(37)21-25-11-8-20-36(33(25)28)27-12-4-3-5-13-27/h2-6,8-10,12-14,16-18,20-21H,1,7,11,15H2/b23-9+,26-17+. The molecule has 0 radical (unpaired) electrons.